The van der Waals surface area contributed by atoms with E-state index >= 15 is 0 Å². The first-order valence-corrected chi connectivity index (χ1v) is 9.16. The van der Waals surface area contributed by atoms with Crippen molar-refractivity contribution in [3.05, 3.63) is 39.0 Å². The molecule has 26 heavy (non-hydrogen) atoms. The molecule has 0 aromatic carbocycles. The SMILES string of the molecule is [C-]#[N+]c1cc(Nc2ncc3c(n2)n(C2CCOCC2)c(=O)n3C)c(C)s1. The molecule has 0 saturated carbocycles. The molecule has 0 amide bonds. The Bertz CT molecular complexity index is 1070. The van der Waals surface area contributed by atoms with Gasteiger partial charge in [0, 0.05) is 36.9 Å². The minimum Gasteiger partial charge on any atom is -0.381 e. The van der Waals surface area contributed by atoms with E-state index in [-0.39, 0.29) is 11.7 Å². The van der Waals surface area contributed by atoms with Crippen LogP contribution < -0.4 is 11.0 Å². The smallest absolute Gasteiger partial charge is 0.330 e. The molecule has 1 aliphatic heterocycles. The normalized spacial score (nSPS) is 15.3. The molecule has 4 rings (SSSR count). The highest BCUT2D eigenvalue weighted by molar-refractivity contribution is 7.16. The molecule has 0 radical (unpaired) electrons. The minimum absolute atomic E-state index is 0.0827. The van der Waals surface area contributed by atoms with Crippen molar-refractivity contribution in [1.82, 2.24) is 19.1 Å². The number of rotatable bonds is 3. The highest BCUT2D eigenvalue weighted by Gasteiger charge is 2.23. The van der Waals surface area contributed by atoms with Crippen molar-refractivity contribution in [2.45, 2.75) is 25.8 Å². The summed E-state index contributed by atoms with van der Waals surface area (Å²) < 4.78 is 8.76. The van der Waals surface area contributed by atoms with Crippen LogP contribution in [-0.2, 0) is 11.8 Å². The maximum atomic E-state index is 12.7. The highest BCUT2D eigenvalue weighted by Crippen LogP contribution is 2.34. The Morgan fingerprint density at radius 3 is 2.88 bits per heavy atom. The summed E-state index contributed by atoms with van der Waals surface area (Å²) in [6, 6.07) is 1.87. The maximum absolute atomic E-state index is 12.7. The summed E-state index contributed by atoms with van der Waals surface area (Å²) in [4.78, 5) is 26.1. The molecule has 1 fully saturated rings. The van der Waals surface area contributed by atoms with Crippen LogP contribution in [0.15, 0.2) is 17.1 Å². The van der Waals surface area contributed by atoms with Crippen LogP contribution in [0.1, 0.15) is 23.8 Å². The monoisotopic (exact) mass is 370 g/mol. The van der Waals surface area contributed by atoms with Crippen molar-refractivity contribution < 1.29 is 4.74 Å². The number of ether oxygens (including phenoxy) is 1. The molecular formula is C17H18N6O2S. The number of fused-ring (bicyclic) bond motifs is 1. The second-order valence-corrected chi connectivity index (χ2v) is 7.48. The van der Waals surface area contributed by atoms with E-state index < -0.39 is 0 Å². The molecule has 4 heterocycles. The summed E-state index contributed by atoms with van der Waals surface area (Å²) in [5.41, 5.74) is 2.06. The van der Waals surface area contributed by atoms with Crippen LogP contribution in [0.2, 0.25) is 0 Å². The van der Waals surface area contributed by atoms with Gasteiger partial charge in [-0.2, -0.15) is 16.3 Å². The Labute approximate surface area is 153 Å². The Hall–Kier alpha value is -2.70. The van der Waals surface area contributed by atoms with Gasteiger partial charge in [-0.15, -0.1) is 0 Å². The molecule has 1 N–H and O–H groups in total. The fourth-order valence-electron chi connectivity index (χ4n) is 3.23. The van der Waals surface area contributed by atoms with Gasteiger partial charge in [0.2, 0.25) is 10.9 Å². The first-order chi connectivity index (χ1) is 12.6. The fourth-order valence-corrected chi connectivity index (χ4v) is 3.99. The fraction of sp³-hybridized carbons (Fsp3) is 0.412. The predicted molar refractivity (Wildman–Crippen MR) is 100 cm³/mol. The standard InChI is InChI=1S/C17H18N6O2S/c1-10-12(8-14(18-2)26-10)20-16-19-9-13-15(21-16)23(17(24)22(13)3)11-4-6-25-7-5-11/h8-9,11H,4-7H2,1,3H3,(H,19,20,21). The second-order valence-electron chi connectivity index (χ2n) is 6.25. The number of anilines is 2. The van der Waals surface area contributed by atoms with Crippen LogP contribution >= 0.6 is 11.3 Å². The topological polar surface area (TPSA) is 78.3 Å². The molecule has 9 heteroatoms. The summed E-state index contributed by atoms with van der Waals surface area (Å²) in [6.45, 7) is 10.4. The quantitative estimate of drug-likeness (QED) is 0.717. The Morgan fingerprint density at radius 1 is 1.42 bits per heavy atom. The van der Waals surface area contributed by atoms with E-state index in [1.807, 2.05) is 6.92 Å². The van der Waals surface area contributed by atoms with E-state index in [4.69, 9.17) is 11.3 Å². The molecule has 0 bridgehead atoms. The summed E-state index contributed by atoms with van der Waals surface area (Å²) in [5, 5.41) is 3.79. The van der Waals surface area contributed by atoms with E-state index in [0.29, 0.717) is 35.3 Å². The van der Waals surface area contributed by atoms with Gasteiger partial charge in [0.25, 0.3) is 0 Å². The average molecular weight is 370 g/mol. The third-order valence-electron chi connectivity index (χ3n) is 4.65. The number of hydrogen-bond acceptors (Lipinski definition) is 6. The third kappa shape index (κ3) is 2.77. The zero-order chi connectivity index (χ0) is 18.3. The molecule has 0 spiro atoms. The molecule has 0 aliphatic carbocycles. The molecular weight excluding hydrogens is 352 g/mol. The van der Waals surface area contributed by atoms with Crippen molar-refractivity contribution in [3.8, 4) is 0 Å². The second kappa shape index (κ2) is 6.55. The number of nitrogens with one attached hydrogen (secondary N) is 1. The lowest BCUT2D eigenvalue weighted by molar-refractivity contribution is 0.0695. The van der Waals surface area contributed by atoms with Gasteiger partial charge in [-0.25, -0.2) is 14.6 Å². The van der Waals surface area contributed by atoms with Gasteiger partial charge in [-0.05, 0) is 25.8 Å². The van der Waals surface area contributed by atoms with Gasteiger partial charge in [-0.3, -0.25) is 9.13 Å². The Kier molecular flexibility index (Phi) is 4.22. The first kappa shape index (κ1) is 16.8. The van der Waals surface area contributed by atoms with E-state index in [0.717, 1.165) is 23.4 Å². The molecule has 0 atom stereocenters. The largest absolute Gasteiger partial charge is 0.381 e. The number of aryl methyl sites for hydroxylation is 2. The number of imidazole rings is 1. The van der Waals surface area contributed by atoms with Gasteiger partial charge >= 0.3 is 5.69 Å². The molecule has 3 aromatic rings. The molecule has 8 nitrogen and oxygen atoms in total. The summed E-state index contributed by atoms with van der Waals surface area (Å²) in [6.07, 6.45) is 3.26. The van der Waals surface area contributed by atoms with Crippen LogP contribution in [0.25, 0.3) is 16.0 Å². The molecule has 134 valence electrons. The minimum atomic E-state index is -0.0830. The lowest BCUT2D eigenvalue weighted by Gasteiger charge is -2.22. The lowest BCUT2D eigenvalue weighted by Crippen LogP contribution is -2.30. The Balaban J connectivity index is 1.77. The van der Waals surface area contributed by atoms with Crippen molar-refractivity contribution in [2.75, 3.05) is 18.5 Å². The van der Waals surface area contributed by atoms with Gasteiger partial charge in [0.05, 0.1) is 12.8 Å². The van der Waals surface area contributed by atoms with Crippen LogP contribution in [0.4, 0.5) is 16.6 Å². The first-order valence-electron chi connectivity index (χ1n) is 8.35. The molecule has 1 aliphatic rings. The predicted octanol–water partition coefficient (Wildman–Crippen LogP) is 3.15. The van der Waals surface area contributed by atoms with E-state index in [9.17, 15) is 4.79 Å². The Morgan fingerprint density at radius 2 is 2.19 bits per heavy atom. The maximum Gasteiger partial charge on any atom is 0.330 e. The average Bonchev–Trinajstić information content (AvgIpc) is 3.13. The lowest BCUT2D eigenvalue weighted by atomic mass is 10.1. The van der Waals surface area contributed by atoms with E-state index in [2.05, 4.69) is 20.1 Å². The number of hydrogen-bond donors (Lipinski definition) is 1. The van der Waals surface area contributed by atoms with E-state index in [1.165, 1.54) is 11.3 Å². The van der Waals surface area contributed by atoms with Crippen LogP contribution in [-0.4, -0.2) is 32.3 Å². The van der Waals surface area contributed by atoms with Gasteiger partial charge in [0.15, 0.2) is 5.65 Å². The van der Waals surface area contributed by atoms with Gasteiger partial charge in [-0.1, -0.05) is 0 Å². The molecule has 1 saturated heterocycles. The number of thiophene rings is 1. The zero-order valence-electron chi connectivity index (χ0n) is 14.5. The van der Waals surface area contributed by atoms with Gasteiger partial charge in [0.1, 0.15) is 5.52 Å². The number of nitrogens with zero attached hydrogens (tertiary/aromatic N) is 5. The molecule has 3 aromatic heterocycles. The highest BCUT2D eigenvalue weighted by atomic mass is 32.1. The van der Waals surface area contributed by atoms with Crippen LogP contribution in [0.5, 0.6) is 0 Å². The third-order valence-corrected chi connectivity index (χ3v) is 5.59. The van der Waals surface area contributed by atoms with Crippen molar-refractivity contribution in [1.29, 1.82) is 0 Å². The van der Waals surface area contributed by atoms with Crippen LogP contribution in [0.3, 0.4) is 0 Å². The summed E-state index contributed by atoms with van der Waals surface area (Å²) in [7, 11) is 1.74. The summed E-state index contributed by atoms with van der Waals surface area (Å²) >= 11 is 1.42. The van der Waals surface area contributed by atoms with E-state index in [1.54, 1.807) is 28.4 Å². The van der Waals surface area contributed by atoms with Crippen molar-refractivity contribution in [3.63, 3.8) is 0 Å². The van der Waals surface area contributed by atoms with Gasteiger partial charge < -0.3 is 10.1 Å². The summed E-state index contributed by atoms with van der Waals surface area (Å²) in [5.74, 6) is 0.418. The zero-order valence-corrected chi connectivity index (χ0v) is 15.3. The number of aromatic nitrogens is 4. The van der Waals surface area contributed by atoms with Crippen LogP contribution in [0, 0.1) is 13.5 Å². The van der Waals surface area contributed by atoms with Crippen molar-refractivity contribution >= 4 is 39.1 Å². The van der Waals surface area contributed by atoms with Crippen molar-refractivity contribution in [2.24, 2.45) is 7.05 Å². The molecule has 0 unspecified atom stereocenters.